The maximum atomic E-state index is 12.4. The van der Waals surface area contributed by atoms with E-state index >= 15 is 0 Å². The molecule has 0 saturated carbocycles. The van der Waals surface area contributed by atoms with Gasteiger partial charge in [0.1, 0.15) is 0 Å². The summed E-state index contributed by atoms with van der Waals surface area (Å²) in [6.07, 6.45) is 4.12. The molecular formula is C15H13N3O2. The number of hydrogen-bond donors (Lipinski definition) is 0. The first kappa shape index (κ1) is 11.5. The molecule has 2 atom stereocenters. The monoisotopic (exact) mass is 267 g/mol. The molecular weight excluding hydrogens is 254 g/mol. The number of likely N-dealkylation sites (tertiary alicyclic amines) is 1. The minimum absolute atomic E-state index is 0.0734. The van der Waals surface area contributed by atoms with Gasteiger partial charge in [0.05, 0.1) is 17.0 Å². The summed E-state index contributed by atoms with van der Waals surface area (Å²) in [6.45, 7) is 1.94. The van der Waals surface area contributed by atoms with Crippen molar-refractivity contribution in [3.63, 3.8) is 0 Å². The normalized spacial score (nSPS) is 24.1. The van der Waals surface area contributed by atoms with E-state index in [1.807, 2.05) is 12.1 Å². The first-order valence-corrected chi connectivity index (χ1v) is 6.71. The number of fused-ring (bicyclic) bond motifs is 6. The third kappa shape index (κ3) is 1.43. The lowest BCUT2D eigenvalue weighted by Gasteiger charge is -2.29. The number of benzene rings is 1. The number of carbonyl (C=O) groups excluding carboxylic acids is 2. The summed E-state index contributed by atoms with van der Waals surface area (Å²) in [5, 5.41) is 0. The molecule has 2 heterocycles. The van der Waals surface area contributed by atoms with Gasteiger partial charge in [0, 0.05) is 31.8 Å². The van der Waals surface area contributed by atoms with Crippen molar-refractivity contribution >= 4 is 22.8 Å². The zero-order chi connectivity index (χ0) is 13.9. The summed E-state index contributed by atoms with van der Waals surface area (Å²) in [4.78, 5) is 34.0. The lowest BCUT2D eigenvalue weighted by Crippen LogP contribution is -2.43. The van der Waals surface area contributed by atoms with Gasteiger partial charge in [0.25, 0.3) is 0 Å². The van der Waals surface area contributed by atoms with E-state index in [-0.39, 0.29) is 23.7 Å². The average molecular weight is 267 g/mol. The zero-order valence-corrected chi connectivity index (χ0v) is 11.0. The maximum Gasteiger partial charge on any atom is 0.236 e. The fourth-order valence-electron chi connectivity index (χ4n) is 3.43. The van der Waals surface area contributed by atoms with Gasteiger partial charge in [0.2, 0.25) is 11.8 Å². The molecule has 1 fully saturated rings. The standard InChI is InChI=1S/C15H13N3O2/c1-8(19)18-7-9-4-12(15(18)20)11-6-14-13(5-10(9)11)16-2-3-17-14/h2-3,5-6,9,12H,4,7H2,1H3/t9-,12-/m0/s1. The van der Waals surface area contributed by atoms with Crippen LogP contribution >= 0.6 is 0 Å². The van der Waals surface area contributed by atoms with Gasteiger partial charge in [0.15, 0.2) is 0 Å². The van der Waals surface area contributed by atoms with E-state index in [4.69, 9.17) is 0 Å². The van der Waals surface area contributed by atoms with Gasteiger partial charge < -0.3 is 0 Å². The van der Waals surface area contributed by atoms with Crippen LogP contribution < -0.4 is 0 Å². The molecule has 2 amide bonds. The molecule has 1 saturated heterocycles. The van der Waals surface area contributed by atoms with Crippen LogP contribution in [0.1, 0.15) is 36.3 Å². The number of carbonyl (C=O) groups is 2. The molecule has 1 aromatic carbocycles. The minimum Gasteiger partial charge on any atom is -0.282 e. The number of nitrogens with zero attached hydrogens (tertiary/aromatic N) is 3. The molecule has 5 nitrogen and oxygen atoms in total. The summed E-state index contributed by atoms with van der Waals surface area (Å²) in [7, 11) is 0. The van der Waals surface area contributed by atoms with Crippen LogP contribution in [-0.4, -0.2) is 33.2 Å². The van der Waals surface area contributed by atoms with Crippen molar-refractivity contribution < 1.29 is 9.59 Å². The Bertz CT molecular complexity index is 756. The number of imide groups is 1. The van der Waals surface area contributed by atoms with Gasteiger partial charge in [-0.25, -0.2) is 0 Å². The van der Waals surface area contributed by atoms with Crippen LogP contribution in [0.3, 0.4) is 0 Å². The maximum absolute atomic E-state index is 12.4. The van der Waals surface area contributed by atoms with E-state index in [1.54, 1.807) is 12.4 Å². The third-order valence-corrected chi connectivity index (χ3v) is 4.36. The molecule has 0 N–H and O–H groups in total. The van der Waals surface area contributed by atoms with Gasteiger partial charge >= 0.3 is 0 Å². The molecule has 0 spiro atoms. The fraction of sp³-hybridized carbons (Fsp3) is 0.333. The molecule has 1 aromatic heterocycles. The van der Waals surface area contributed by atoms with Crippen LogP contribution in [0.5, 0.6) is 0 Å². The number of piperidine rings is 1. The Morgan fingerprint density at radius 1 is 1.20 bits per heavy atom. The van der Waals surface area contributed by atoms with Crippen LogP contribution in [0.2, 0.25) is 0 Å². The number of rotatable bonds is 0. The second kappa shape index (κ2) is 3.85. The van der Waals surface area contributed by atoms with Crippen molar-refractivity contribution in [2.24, 2.45) is 0 Å². The third-order valence-electron chi connectivity index (χ3n) is 4.36. The highest BCUT2D eigenvalue weighted by Gasteiger charge is 2.44. The molecule has 5 heteroatoms. The molecule has 2 aliphatic rings. The van der Waals surface area contributed by atoms with Gasteiger partial charge in [-0.1, -0.05) is 0 Å². The highest BCUT2D eigenvalue weighted by Crippen LogP contribution is 2.47. The second-order valence-electron chi connectivity index (χ2n) is 5.48. The quantitative estimate of drug-likeness (QED) is 0.727. The Balaban J connectivity index is 1.90. The molecule has 1 aliphatic carbocycles. The molecule has 2 bridgehead atoms. The van der Waals surface area contributed by atoms with E-state index in [0.29, 0.717) is 6.54 Å². The van der Waals surface area contributed by atoms with Crippen molar-refractivity contribution in [1.29, 1.82) is 0 Å². The topological polar surface area (TPSA) is 63.2 Å². The minimum atomic E-state index is -0.195. The first-order valence-electron chi connectivity index (χ1n) is 6.71. The summed E-state index contributed by atoms with van der Waals surface area (Å²) in [6, 6.07) is 3.99. The number of hydrogen-bond acceptors (Lipinski definition) is 4. The van der Waals surface area contributed by atoms with Crippen LogP contribution in [0.15, 0.2) is 24.5 Å². The molecule has 100 valence electrons. The van der Waals surface area contributed by atoms with Gasteiger partial charge in [-0.3, -0.25) is 24.5 Å². The summed E-state index contributed by atoms with van der Waals surface area (Å²) in [5.74, 6) is -0.198. The van der Waals surface area contributed by atoms with Crippen LogP contribution in [-0.2, 0) is 9.59 Å². The molecule has 0 radical (unpaired) electrons. The highest BCUT2D eigenvalue weighted by atomic mass is 16.2. The summed E-state index contributed by atoms with van der Waals surface area (Å²) < 4.78 is 0. The van der Waals surface area contributed by atoms with Gasteiger partial charge in [-0.15, -0.1) is 0 Å². The summed E-state index contributed by atoms with van der Waals surface area (Å²) >= 11 is 0. The average Bonchev–Trinajstić information content (AvgIpc) is 2.74. The lowest BCUT2D eigenvalue weighted by molar-refractivity contribution is -0.146. The van der Waals surface area contributed by atoms with Crippen molar-refractivity contribution in [3.05, 3.63) is 35.7 Å². The van der Waals surface area contributed by atoms with Crippen LogP contribution in [0.4, 0.5) is 0 Å². The first-order chi connectivity index (χ1) is 9.65. The fourth-order valence-corrected chi connectivity index (χ4v) is 3.43. The Morgan fingerprint density at radius 3 is 2.50 bits per heavy atom. The molecule has 0 unspecified atom stereocenters. The molecule has 2 aromatic rings. The Hall–Kier alpha value is -2.30. The Morgan fingerprint density at radius 2 is 1.85 bits per heavy atom. The summed E-state index contributed by atoms with van der Waals surface area (Å²) in [5.41, 5.74) is 3.83. The molecule has 1 aliphatic heterocycles. The largest absolute Gasteiger partial charge is 0.282 e. The smallest absolute Gasteiger partial charge is 0.236 e. The van der Waals surface area contributed by atoms with Crippen molar-refractivity contribution in [3.8, 4) is 0 Å². The Kier molecular flexibility index (Phi) is 2.22. The van der Waals surface area contributed by atoms with Crippen molar-refractivity contribution in [2.45, 2.75) is 25.2 Å². The van der Waals surface area contributed by atoms with Gasteiger partial charge in [-0.05, 0) is 29.7 Å². The van der Waals surface area contributed by atoms with E-state index in [9.17, 15) is 9.59 Å². The van der Waals surface area contributed by atoms with E-state index < -0.39 is 0 Å². The predicted octanol–water partition coefficient (Wildman–Crippen LogP) is 1.59. The zero-order valence-electron chi connectivity index (χ0n) is 11.0. The number of amides is 2. The van der Waals surface area contributed by atoms with Crippen molar-refractivity contribution in [2.75, 3.05) is 6.54 Å². The van der Waals surface area contributed by atoms with Crippen molar-refractivity contribution in [1.82, 2.24) is 14.9 Å². The predicted molar refractivity (Wildman–Crippen MR) is 72.0 cm³/mol. The van der Waals surface area contributed by atoms with E-state index in [0.717, 1.165) is 28.6 Å². The van der Waals surface area contributed by atoms with Crippen LogP contribution in [0, 0.1) is 0 Å². The molecule has 20 heavy (non-hydrogen) atoms. The van der Waals surface area contributed by atoms with Gasteiger partial charge in [-0.2, -0.15) is 0 Å². The highest BCUT2D eigenvalue weighted by molar-refractivity contribution is 6.00. The van der Waals surface area contributed by atoms with E-state index in [2.05, 4.69) is 9.97 Å². The molecule has 4 rings (SSSR count). The van der Waals surface area contributed by atoms with E-state index in [1.165, 1.54) is 11.8 Å². The SMILES string of the molecule is CC(=O)N1C[C@@H]2C[C@H](C1=O)c1cc3nccnc3cc12. The lowest BCUT2D eigenvalue weighted by atomic mass is 9.95. The van der Waals surface area contributed by atoms with Crippen LogP contribution in [0.25, 0.3) is 11.0 Å². The Labute approximate surface area is 115 Å². The number of aromatic nitrogens is 2. The second-order valence-corrected chi connectivity index (χ2v) is 5.48.